The second-order valence-electron chi connectivity index (χ2n) is 2.22. The minimum Gasteiger partial charge on any atom is -0.371 e. The van der Waals surface area contributed by atoms with E-state index in [2.05, 4.69) is 30.2 Å². The Bertz CT molecular complexity index is 133. The monoisotopic (exact) mass is 211 g/mol. The topological polar surface area (TPSA) is 29.1 Å². The van der Waals surface area contributed by atoms with Crippen molar-refractivity contribution in [1.82, 2.24) is 5.32 Å². The average molecular weight is 211 g/mol. The standard InChI is InChI=1S/C6H13NOS3/c1-11(8)5-3-2-4-7-6(9)10/h2-5H2,1H3,(H2,7,9,10)/t11-/m1/s1. The van der Waals surface area contributed by atoms with Crippen molar-refractivity contribution < 1.29 is 4.21 Å². The summed E-state index contributed by atoms with van der Waals surface area (Å²) in [7, 11) is -0.659. The van der Waals surface area contributed by atoms with E-state index < -0.39 is 10.8 Å². The Morgan fingerprint density at radius 3 is 2.73 bits per heavy atom. The number of thiol groups is 1. The molecule has 0 aromatic carbocycles. The van der Waals surface area contributed by atoms with Crippen LogP contribution in [0.25, 0.3) is 0 Å². The predicted octanol–water partition coefficient (Wildman–Crippen LogP) is 0.949. The number of rotatable bonds is 5. The summed E-state index contributed by atoms with van der Waals surface area (Å²) in [5.74, 6) is 0.779. The Balaban J connectivity index is 3.03. The molecule has 0 heterocycles. The Morgan fingerprint density at radius 2 is 2.27 bits per heavy atom. The fourth-order valence-corrected chi connectivity index (χ4v) is 1.45. The summed E-state index contributed by atoms with van der Waals surface area (Å²) in [6.07, 6.45) is 3.70. The minimum absolute atomic E-state index is 0.530. The molecule has 66 valence electrons. The molecule has 1 N–H and O–H groups in total. The fraction of sp³-hybridized carbons (Fsp3) is 0.833. The number of nitrogens with one attached hydrogen (secondary N) is 1. The van der Waals surface area contributed by atoms with Gasteiger partial charge in [-0.1, -0.05) is 12.2 Å². The second kappa shape index (κ2) is 7.06. The van der Waals surface area contributed by atoms with Crippen LogP contribution in [0.15, 0.2) is 0 Å². The van der Waals surface area contributed by atoms with E-state index in [9.17, 15) is 4.21 Å². The number of hydrogen-bond donors (Lipinski definition) is 2. The summed E-state index contributed by atoms with van der Waals surface area (Å²) < 4.78 is 11.1. The quantitative estimate of drug-likeness (QED) is 0.403. The van der Waals surface area contributed by atoms with Crippen LogP contribution in [0.1, 0.15) is 12.8 Å². The second-order valence-corrected chi connectivity index (χ2v) is 4.93. The average Bonchev–Trinajstić information content (AvgIpc) is 1.85. The Labute approximate surface area is 81.0 Å². The highest BCUT2D eigenvalue weighted by Gasteiger charge is 1.91. The number of thiocarbonyl (C=S) groups is 1. The zero-order valence-electron chi connectivity index (χ0n) is 6.50. The normalized spacial score (nSPS) is 12.5. The molecule has 1 atom stereocenters. The molecule has 0 unspecified atom stereocenters. The van der Waals surface area contributed by atoms with E-state index in [1.165, 1.54) is 0 Å². The van der Waals surface area contributed by atoms with Crippen molar-refractivity contribution in [3.8, 4) is 0 Å². The highest BCUT2D eigenvalue weighted by atomic mass is 32.2. The van der Waals surface area contributed by atoms with Crippen molar-refractivity contribution in [2.24, 2.45) is 0 Å². The number of hydrogen-bond acceptors (Lipinski definition) is 2. The van der Waals surface area contributed by atoms with Crippen molar-refractivity contribution in [3.63, 3.8) is 0 Å². The van der Waals surface area contributed by atoms with Gasteiger partial charge in [0.2, 0.25) is 0 Å². The first-order chi connectivity index (χ1) is 5.13. The summed E-state index contributed by atoms with van der Waals surface area (Å²) in [6, 6.07) is 0. The van der Waals surface area contributed by atoms with Crippen molar-refractivity contribution in [3.05, 3.63) is 0 Å². The van der Waals surface area contributed by atoms with E-state index in [1.54, 1.807) is 6.26 Å². The molecule has 0 saturated carbocycles. The lowest BCUT2D eigenvalue weighted by Crippen LogP contribution is -2.17. The Hall–Kier alpha value is 0.390. The molecule has 0 amide bonds. The van der Waals surface area contributed by atoms with E-state index in [1.807, 2.05) is 0 Å². The molecule has 2 nitrogen and oxygen atoms in total. The zero-order valence-corrected chi connectivity index (χ0v) is 9.03. The van der Waals surface area contributed by atoms with Crippen LogP contribution in [-0.2, 0) is 10.8 Å². The van der Waals surface area contributed by atoms with Gasteiger partial charge in [0, 0.05) is 29.4 Å². The Kier molecular flexibility index (Phi) is 7.31. The first-order valence-corrected chi connectivity index (χ1v) is 5.98. The molecule has 0 aliphatic carbocycles. The molecule has 0 rings (SSSR count). The maximum Gasteiger partial charge on any atom is 0.130 e. The van der Waals surface area contributed by atoms with Crippen LogP contribution in [0.4, 0.5) is 0 Å². The van der Waals surface area contributed by atoms with Gasteiger partial charge in [0.05, 0.1) is 0 Å². The van der Waals surface area contributed by atoms with Gasteiger partial charge in [-0.15, -0.1) is 12.6 Å². The van der Waals surface area contributed by atoms with Crippen LogP contribution >= 0.6 is 24.8 Å². The van der Waals surface area contributed by atoms with E-state index in [-0.39, 0.29) is 0 Å². The molecular formula is C6H13NOS3. The fourth-order valence-electron chi connectivity index (χ4n) is 0.626. The van der Waals surface area contributed by atoms with Crippen LogP contribution < -0.4 is 5.32 Å². The van der Waals surface area contributed by atoms with E-state index >= 15 is 0 Å². The lowest BCUT2D eigenvalue weighted by Gasteiger charge is -2.01. The lowest BCUT2D eigenvalue weighted by atomic mass is 10.3. The SMILES string of the molecule is C[S@@](=O)CCCCNC(=S)S. The molecule has 0 bridgehead atoms. The van der Waals surface area contributed by atoms with E-state index in [0.717, 1.165) is 25.1 Å². The van der Waals surface area contributed by atoms with Crippen molar-refractivity contribution in [1.29, 1.82) is 0 Å². The van der Waals surface area contributed by atoms with Gasteiger partial charge in [0.25, 0.3) is 0 Å². The first kappa shape index (κ1) is 11.4. The van der Waals surface area contributed by atoms with Crippen molar-refractivity contribution in [2.75, 3.05) is 18.6 Å². The van der Waals surface area contributed by atoms with Crippen molar-refractivity contribution >= 4 is 40.0 Å². The summed E-state index contributed by atoms with van der Waals surface area (Å²) in [6.45, 7) is 0.833. The zero-order chi connectivity index (χ0) is 8.69. The van der Waals surface area contributed by atoms with Crippen LogP contribution in [0.3, 0.4) is 0 Å². The molecule has 0 spiro atoms. The summed E-state index contributed by atoms with van der Waals surface area (Å²) in [4.78, 5) is 0. The third kappa shape index (κ3) is 10.4. The highest BCUT2D eigenvalue weighted by molar-refractivity contribution is 8.11. The first-order valence-electron chi connectivity index (χ1n) is 3.39. The summed E-state index contributed by atoms with van der Waals surface area (Å²) in [5, 5.41) is 2.92. The molecule has 0 fully saturated rings. The maximum absolute atomic E-state index is 10.6. The van der Waals surface area contributed by atoms with E-state index in [4.69, 9.17) is 0 Å². The molecule has 11 heavy (non-hydrogen) atoms. The van der Waals surface area contributed by atoms with Crippen LogP contribution in [-0.4, -0.2) is 27.1 Å². The third-order valence-corrected chi connectivity index (χ3v) is 2.30. The summed E-state index contributed by atoms with van der Waals surface area (Å²) >= 11 is 8.59. The van der Waals surface area contributed by atoms with Gasteiger partial charge in [-0.25, -0.2) is 0 Å². The molecule has 0 aliphatic rings. The molecule has 5 heteroatoms. The van der Waals surface area contributed by atoms with Crippen LogP contribution in [0, 0.1) is 0 Å². The maximum atomic E-state index is 10.6. The van der Waals surface area contributed by atoms with Gasteiger partial charge >= 0.3 is 0 Å². The largest absolute Gasteiger partial charge is 0.371 e. The highest BCUT2D eigenvalue weighted by Crippen LogP contribution is 1.90. The molecule has 0 radical (unpaired) electrons. The van der Waals surface area contributed by atoms with Gasteiger partial charge in [-0.2, -0.15) is 0 Å². The molecular weight excluding hydrogens is 198 g/mol. The van der Waals surface area contributed by atoms with Gasteiger partial charge in [-0.05, 0) is 12.8 Å². The molecule has 0 saturated heterocycles. The predicted molar refractivity (Wildman–Crippen MR) is 57.8 cm³/mol. The lowest BCUT2D eigenvalue weighted by molar-refractivity contribution is 0.680. The van der Waals surface area contributed by atoms with Crippen LogP contribution in [0.2, 0.25) is 0 Å². The van der Waals surface area contributed by atoms with E-state index in [0.29, 0.717) is 4.32 Å². The Morgan fingerprint density at radius 1 is 1.64 bits per heavy atom. The molecule has 0 aromatic heterocycles. The van der Waals surface area contributed by atoms with Gasteiger partial charge in [0.1, 0.15) is 4.32 Å². The van der Waals surface area contributed by atoms with Gasteiger partial charge < -0.3 is 5.32 Å². The van der Waals surface area contributed by atoms with Crippen LogP contribution in [0.5, 0.6) is 0 Å². The number of unbranched alkanes of at least 4 members (excludes halogenated alkanes) is 1. The summed E-state index contributed by atoms with van der Waals surface area (Å²) in [5.41, 5.74) is 0. The molecule has 0 aromatic rings. The smallest absolute Gasteiger partial charge is 0.130 e. The minimum atomic E-state index is -0.659. The van der Waals surface area contributed by atoms with Crippen molar-refractivity contribution in [2.45, 2.75) is 12.8 Å². The van der Waals surface area contributed by atoms with Gasteiger partial charge in [-0.3, -0.25) is 4.21 Å². The molecule has 0 aliphatic heterocycles. The van der Waals surface area contributed by atoms with Gasteiger partial charge in [0.15, 0.2) is 0 Å². The third-order valence-electron chi connectivity index (χ3n) is 1.13.